The topological polar surface area (TPSA) is 93.7 Å². The molecule has 0 radical (unpaired) electrons. The Kier molecular flexibility index (Phi) is 7.44. The van der Waals surface area contributed by atoms with Crippen molar-refractivity contribution in [2.75, 3.05) is 13.2 Å². The summed E-state index contributed by atoms with van der Waals surface area (Å²) in [5.74, 6) is -0.569. The van der Waals surface area contributed by atoms with Gasteiger partial charge in [0.15, 0.2) is 6.61 Å². The molecule has 0 saturated heterocycles. The second-order valence-electron chi connectivity index (χ2n) is 6.40. The van der Waals surface area contributed by atoms with E-state index in [0.29, 0.717) is 18.3 Å². The maximum absolute atomic E-state index is 12.1. The Bertz CT molecular complexity index is 647. The van der Waals surface area contributed by atoms with Gasteiger partial charge in [-0.25, -0.2) is 9.59 Å². The predicted molar refractivity (Wildman–Crippen MR) is 96.0 cm³/mol. The molecule has 0 unspecified atom stereocenters. The van der Waals surface area contributed by atoms with Crippen LogP contribution in [0.4, 0.5) is 4.79 Å². The fourth-order valence-electron chi connectivity index (χ4n) is 3.02. The molecule has 142 valence electrons. The summed E-state index contributed by atoms with van der Waals surface area (Å²) in [6.45, 7) is 3.77. The zero-order chi connectivity index (χ0) is 18.9. The molecule has 0 spiro atoms. The molecule has 3 amide bonds. The molecular formula is C19H26N2O5. The van der Waals surface area contributed by atoms with E-state index in [-0.39, 0.29) is 11.6 Å². The van der Waals surface area contributed by atoms with Crippen LogP contribution in [0.3, 0.4) is 0 Å². The van der Waals surface area contributed by atoms with Gasteiger partial charge in [0.1, 0.15) is 11.3 Å². The zero-order valence-electron chi connectivity index (χ0n) is 15.2. The fourth-order valence-corrected chi connectivity index (χ4v) is 3.02. The summed E-state index contributed by atoms with van der Waals surface area (Å²) in [5, 5.41) is 5.01. The first kappa shape index (κ1) is 19.8. The van der Waals surface area contributed by atoms with E-state index in [0.717, 1.165) is 19.3 Å². The molecule has 7 nitrogen and oxygen atoms in total. The normalized spacial score (nSPS) is 19.3. The first-order valence-corrected chi connectivity index (χ1v) is 9.00. The number of hydrogen-bond acceptors (Lipinski definition) is 5. The number of rotatable bonds is 6. The Morgan fingerprint density at radius 3 is 2.62 bits per heavy atom. The Morgan fingerprint density at radius 2 is 1.88 bits per heavy atom. The second-order valence-corrected chi connectivity index (χ2v) is 6.40. The lowest BCUT2D eigenvalue weighted by atomic mass is 9.86. The van der Waals surface area contributed by atoms with Crippen LogP contribution in [0.2, 0.25) is 0 Å². The van der Waals surface area contributed by atoms with Crippen LogP contribution in [0, 0.1) is 5.92 Å². The number of carbonyl (C=O) groups excluding carboxylic acids is 3. The third-order valence-electron chi connectivity index (χ3n) is 4.42. The van der Waals surface area contributed by atoms with Crippen LogP contribution < -0.4 is 15.4 Å². The van der Waals surface area contributed by atoms with E-state index >= 15 is 0 Å². The van der Waals surface area contributed by atoms with Crippen LogP contribution in [-0.2, 0) is 9.53 Å². The predicted octanol–water partition coefficient (Wildman–Crippen LogP) is 2.65. The highest BCUT2D eigenvalue weighted by Gasteiger charge is 2.23. The number of benzene rings is 1. The molecule has 26 heavy (non-hydrogen) atoms. The van der Waals surface area contributed by atoms with Crippen molar-refractivity contribution < 1.29 is 23.9 Å². The minimum Gasteiger partial charge on any atom is -0.493 e. The molecule has 0 bridgehead atoms. The van der Waals surface area contributed by atoms with Gasteiger partial charge in [-0.1, -0.05) is 31.9 Å². The van der Waals surface area contributed by atoms with Crippen molar-refractivity contribution in [2.45, 2.75) is 45.6 Å². The molecule has 0 heterocycles. The Labute approximate surface area is 153 Å². The van der Waals surface area contributed by atoms with Gasteiger partial charge in [-0.15, -0.1) is 0 Å². The van der Waals surface area contributed by atoms with Crippen molar-refractivity contribution >= 4 is 17.9 Å². The van der Waals surface area contributed by atoms with Gasteiger partial charge in [-0.3, -0.25) is 10.1 Å². The second kappa shape index (κ2) is 9.79. The number of amides is 3. The fraction of sp³-hybridized carbons (Fsp3) is 0.526. The molecule has 1 aliphatic rings. The minimum atomic E-state index is -0.675. The van der Waals surface area contributed by atoms with Gasteiger partial charge < -0.3 is 14.8 Å². The van der Waals surface area contributed by atoms with Crippen molar-refractivity contribution in [1.82, 2.24) is 10.6 Å². The zero-order valence-corrected chi connectivity index (χ0v) is 15.2. The molecular weight excluding hydrogens is 336 g/mol. The van der Waals surface area contributed by atoms with Crippen LogP contribution in [0.1, 0.15) is 49.9 Å². The van der Waals surface area contributed by atoms with E-state index in [4.69, 9.17) is 9.47 Å². The van der Waals surface area contributed by atoms with Crippen LogP contribution in [0.15, 0.2) is 24.3 Å². The summed E-state index contributed by atoms with van der Waals surface area (Å²) in [6, 6.07) is 6.14. The monoisotopic (exact) mass is 362 g/mol. The highest BCUT2D eigenvalue weighted by molar-refractivity contribution is 5.97. The summed E-state index contributed by atoms with van der Waals surface area (Å²) >= 11 is 0. The summed E-state index contributed by atoms with van der Waals surface area (Å²) in [7, 11) is 0. The number of carbonyl (C=O) groups is 3. The van der Waals surface area contributed by atoms with Crippen molar-refractivity contribution in [1.29, 1.82) is 0 Å². The molecule has 1 aliphatic carbocycles. The van der Waals surface area contributed by atoms with Gasteiger partial charge in [0, 0.05) is 6.04 Å². The first-order chi connectivity index (χ1) is 12.5. The quantitative estimate of drug-likeness (QED) is 0.759. The third kappa shape index (κ3) is 5.75. The number of para-hydroxylation sites is 1. The number of esters is 1. The van der Waals surface area contributed by atoms with Crippen LogP contribution in [-0.4, -0.2) is 37.2 Å². The van der Waals surface area contributed by atoms with Gasteiger partial charge >= 0.3 is 12.0 Å². The maximum Gasteiger partial charge on any atom is 0.342 e. The Morgan fingerprint density at radius 1 is 1.15 bits per heavy atom. The molecule has 0 aliphatic heterocycles. The van der Waals surface area contributed by atoms with Gasteiger partial charge in [-0.05, 0) is 37.8 Å². The molecule has 2 N–H and O–H groups in total. The SMILES string of the molecule is CCOc1ccccc1C(=O)OCC(=O)NC(=O)N[C@@H]1CCCC[C@H]1C. The lowest BCUT2D eigenvalue weighted by Crippen LogP contribution is -2.48. The van der Waals surface area contributed by atoms with E-state index in [1.54, 1.807) is 31.2 Å². The number of urea groups is 1. The summed E-state index contributed by atoms with van der Waals surface area (Å²) < 4.78 is 10.3. The molecule has 1 saturated carbocycles. The highest BCUT2D eigenvalue weighted by Crippen LogP contribution is 2.23. The minimum absolute atomic E-state index is 0.0668. The van der Waals surface area contributed by atoms with Gasteiger partial charge in [0.2, 0.25) is 0 Å². The van der Waals surface area contributed by atoms with Crippen molar-refractivity contribution in [3.05, 3.63) is 29.8 Å². The van der Waals surface area contributed by atoms with Gasteiger partial charge in [0.25, 0.3) is 5.91 Å². The maximum atomic E-state index is 12.1. The summed E-state index contributed by atoms with van der Waals surface area (Å²) in [6.07, 6.45) is 4.21. The highest BCUT2D eigenvalue weighted by atomic mass is 16.5. The van der Waals surface area contributed by atoms with E-state index in [2.05, 4.69) is 17.6 Å². The average Bonchev–Trinajstić information content (AvgIpc) is 2.62. The smallest absolute Gasteiger partial charge is 0.342 e. The number of nitrogens with one attached hydrogen (secondary N) is 2. The van der Waals surface area contributed by atoms with Crippen molar-refractivity contribution in [2.24, 2.45) is 5.92 Å². The standard InChI is InChI=1S/C19H26N2O5/c1-3-25-16-11-7-5-9-14(16)18(23)26-12-17(22)21-19(24)20-15-10-6-4-8-13(15)2/h5,7,9,11,13,15H,3-4,6,8,10,12H2,1-2H3,(H2,20,21,22,24)/t13-,15-/m1/s1. The Hall–Kier alpha value is -2.57. The van der Waals surface area contributed by atoms with E-state index in [1.807, 2.05) is 0 Å². The molecule has 2 rings (SSSR count). The number of hydrogen-bond donors (Lipinski definition) is 2. The number of imide groups is 1. The van der Waals surface area contributed by atoms with Gasteiger partial charge in [0.05, 0.1) is 6.61 Å². The summed E-state index contributed by atoms with van der Waals surface area (Å²) in [4.78, 5) is 35.9. The lowest BCUT2D eigenvalue weighted by molar-refractivity contribution is -0.123. The summed E-state index contributed by atoms with van der Waals surface area (Å²) in [5.41, 5.74) is 0.239. The van der Waals surface area contributed by atoms with Gasteiger partial charge in [-0.2, -0.15) is 0 Å². The van der Waals surface area contributed by atoms with E-state index < -0.39 is 24.5 Å². The van der Waals surface area contributed by atoms with Crippen LogP contribution in [0.25, 0.3) is 0 Å². The first-order valence-electron chi connectivity index (χ1n) is 9.00. The van der Waals surface area contributed by atoms with E-state index in [1.165, 1.54) is 6.42 Å². The Balaban J connectivity index is 1.79. The largest absolute Gasteiger partial charge is 0.493 e. The number of ether oxygens (including phenoxy) is 2. The molecule has 0 aromatic heterocycles. The van der Waals surface area contributed by atoms with Crippen molar-refractivity contribution in [3.63, 3.8) is 0 Å². The molecule has 1 aromatic carbocycles. The van der Waals surface area contributed by atoms with Crippen molar-refractivity contribution in [3.8, 4) is 5.75 Å². The lowest BCUT2D eigenvalue weighted by Gasteiger charge is -2.29. The average molecular weight is 362 g/mol. The molecule has 7 heteroatoms. The third-order valence-corrected chi connectivity index (χ3v) is 4.42. The van der Waals surface area contributed by atoms with Crippen LogP contribution in [0.5, 0.6) is 5.75 Å². The molecule has 1 fully saturated rings. The van der Waals surface area contributed by atoms with Crippen LogP contribution >= 0.6 is 0 Å². The molecule has 2 atom stereocenters. The van der Waals surface area contributed by atoms with E-state index in [9.17, 15) is 14.4 Å². The molecule has 1 aromatic rings.